The van der Waals surface area contributed by atoms with Crippen LogP contribution in [0.4, 0.5) is 5.69 Å². The number of nitro benzene ring substituents is 1. The standard InChI is InChI=1S/C14H10BrNO4/c15-13-3-1-2-11(8-17)14(13)20-9-10-4-6-12(7-5-10)16(18)19/h1-8H,9H2. The van der Waals surface area contributed by atoms with Crippen LogP contribution in [0.15, 0.2) is 46.9 Å². The molecule has 5 nitrogen and oxygen atoms in total. The number of nitro groups is 1. The highest BCUT2D eigenvalue weighted by molar-refractivity contribution is 9.10. The molecule has 2 aromatic rings. The smallest absolute Gasteiger partial charge is 0.269 e. The number of nitrogens with zero attached hydrogens (tertiary/aromatic N) is 1. The van der Waals surface area contributed by atoms with E-state index in [2.05, 4.69) is 15.9 Å². The van der Waals surface area contributed by atoms with Crippen LogP contribution in [0.25, 0.3) is 0 Å². The molecule has 0 aliphatic rings. The van der Waals surface area contributed by atoms with Crippen molar-refractivity contribution in [3.63, 3.8) is 0 Å². The first-order chi connectivity index (χ1) is 9.61. The topological polar surface area (TPSA) is 69.4 Å². The largest absolute Gasteiger partial charge is 0.487 e. The zero-order chi connectivity index (χ0) is 14.5. The summed E-state index contributed by atoms with van der Waals surface area (Å²) in [6, 6.07) is 11.2. The average molecular weight is 336 g/mol. The van der Waals surface area contributed by atoms with Gasteiger partial charge in [0.15, 0.2) is 6.29 Å². The van der Waals surface area contributed by atoms with Crippen molar-refractivity contribution < 1.29 is 14.5 Å². The zero-order valence-corrected chi connectivity index (χ0v) is 11.9. The number of halogens is 1. The van der Waals surface area contributed by atoms with Crippen LogP contribution in [0.5, 0.6) is 5.75 Å². The Morgan fingerprint density at radius 1 is 1.20 bits per heavy atom. The van der Waals surface area contributed by atoms with E-state index >= 15 is 0 Å². The molecule has 0 amide bonds. The van der Waals surface area contributed by atoms with Crippen molar-refractivity contribution in [2.24, 2.45) is 0 Å². The lowest BCUT2D eigenvalue weighted by atomic mass is 10.2. The summed E-state index contributed by atoms with van der Waals surface area (Å²) in [6.45, 7) is 0.224. The van der Waals surface area contributed by atoms with Crippen molar-refractivity contribution in [1.29, 1.82) is 0 Å². The third kappa shape index (κ3) is 3.21. The molecule has 0 heterocycles. The molecule has 6 heteroatoms. The van der Waals surface area contributed by atoms with E-state index in [0.29, 0.717) is 15.8 Å². The van der Waals surface area contributed by atoms with Gasteiger partial charge >= 0.3 is 0 Å². The minimum atomic E-state index is -0.455. The third-order valence-electron chi connectivity index (χ3n) is 2.65. The summed E-state index contributed by atoms with van der Waals surface area (Å²) in [4.78, 5) is 21.0. The Morgan fingerprint density at radius 2 is 1.90 bits per heavy atom. The molecule has 0 saturated heterocycles. The number of aldehydes is 1. The first-order valence-corrected chi connectivity index (χ1v) is 6.51. The van der Waals surface area contributed by atoms with E-state index in [1.807, 2.05) is 0 Å². The molecule has 2 rings (SSSR count). The second kappa shape index (κ2) is 6.29. The maximum Gasteiger partial charge on any atom is 0.269 e. The Bertz CT molecular complexity index is 640. The number of non-ortho nitro benzene ring substituents is 1. The zero-order valence-electron chi connectivity index (χ0n) is 10.3. The van der Waals surface area contributed by atoms with Crippen molar-refractivity contribution in [2.75, 3.05) is 0 Å². The van der Waals surface area contributed by atoms with Crippen molar-refractivity contribution >= 4 is 27.9 Å². The monoisotopic (exact) mass is 335 g/mol. The lowest BCUT2D eigenvalue weighted by Crippen LogP contribution is -1.99. The van der Waals surface area contributed by atoms with Gasteiger partial charge in [0, 0.05) is 12.1 Å². The molecular weight excluding hydrogens is 326 g/mol. The second-order valence-electron chi connectivity index (χ2n) is 3.99. The molecule has 102 valence electrons. The number of ether oxygens (including phenoxy) is 1. The molecule has 2 aromatic carbocycles. The molecule has 0 N–H and O–H groups in total. The predicted octanol–water partition coefficient (Wildman–Crippen LogP) is 3.75. The molecule has 0 aromatic heterocycles. The molecule has 0 atom stereocenters. The summed E-state index contributed by atoms with van der Waals surface area (Å²) in [6.07, 6.45) is 0.718. The highest BCUT2D eigenvalue weighted by atomic mass is 79.9. The van der Waals surface area contributed by atoms with Crippen LogP contribution in [0, 0.1) is 10.1 Å². The molecule has 0 aliphatic carbocycles. The molecule has 0 fully saturated rings. The number of carbonyl (C=O) groups is 1. The molecule has 0 saturated carbocycles. The van der Waals surface area contributed by atoms with E-state index in [1.54, 1.807) is 30.3 Å². The lowest BCUT2D eigenvalue weighted by Gasteiger charge is -2.10. The van der Waals surface area contributed by atoms with Gasteiger partial charge in [0.05, 0.1) is 15.0 Å². The average Bonchev–Trinajstić information content (AvgIpc) is 2.46. The lowest BCUT2D eigenvalue weighted by molar-refractivity contribution is -0.384. The van der Waals surface area contributed by atoms with Gasteiger partial charge in [-0.15, -0.1) is 0 Å². The van der Waals surface area contributed by atoms with Crippen molar-refractivity contribution in [3.05, 3.63) is 68.2 Å². The number of rotatable bonds is 5. The second-order valence-corrected chi connectivity index (χ2v) is 4.84. The van der Waals surface area contributed by atoms with Gasteiger partial charge in [-0.2, -0.15) is 0 Å². The Balaban J connectivity index is 2.13. The van der Waals surface area contributed by atoms with Crippen LogP contribution in [-0.2, 0) is 6.61 Å². The fourth-order valence-electron chi connectivity index (χ4n) is 1.64. The summed E-state index contributed by atoms with van der Waals surface area (Å²) in [5.74, 6) is 0.459. The molecule has 0 unspecified atom stereocenters. The Morgan fingerprint density at radius 3 is 2.50 bits per heavy atom. The maximum atomic E-state index is 10.9. The maximum absolute atomic E-state index is 10.9. The fourth-order valence-corrected chi connectivity index (χ4v) is 2.14. The van der Waals surface area contributed by atoms with E-state index in [-0.39, 0.29) is 12.3 Å². The highest BCUT2D eigenvalue weighted by Gasteiger charge is 2.08. The summed E-state index contributed by atoms with van der Waals surface area (Å²) in [5.41, 5.74) is 1.26. The fraction of sp³-hybridized carbons (Fsp3) is 0.0714. The SMILES string of the molecule is O=Cc1cccc(Br)c1OCc1ccc([N+](=O)[O-])cc1. The third-order valence-corrected chi connectivity index (χ3v) is 3.28. The van der Waals surface area contributed by atoms with E-state index in [4.69, 9.17) is 4.74 Å². The van der Waals surface area contributed by atoms with Crippen molar-refractivity contribution in [2.45, 2.75) is 6.61 Å². The highest BCUT2D eigenvalue weighted by Crippen LogP contribution is 2.28. The Hall–Kier alpha value is -2.21. The molecule has 0 radical (unpaired) electrons. The number of hydrogen-bond donors (Lipinski definition) is 0. The van der Waals surface area contributed by atoms with Gasteiger partial charge in [-0.25, -0.2) is 0 Å². The number of hydrogen-bond acceptors (Lipinski definition) is 4. The van der Waals surface area contributed by atoms with Crippen LogP contribution in [-0.4, -0.2) is 11.2 Å². The molecule has 0 bridgehead atoms. The van der Waals surface area contributed by atoms with Gasteiger partial charge in [0.1, 0.15) is 12.4 Å². The number of benzene rings is 2. The minimum absolute atomic E-state index is 0.0308. The van der Waals surface area contributed by atoms with Crippen LogP contribution in [0.3, 0.4) is 0 Å². The first kappa shape index (κ1) is 14.2. The van der Waals surface area contributed by atoms with E-state index in [1.165, 1.54) is 12.1 Å². The van der Waals surface area contributed by atoms with Crippen LogP contribution < -0.4 is 4.74 Å². The first-order valence-electron chi connectivity index (χ1n) is 5.71. The Labute approximate surface area is 123 Å². The van der Waals surface area contributed by atoms with Gasteiger partial charge in [0.25, 0.3) is 5.69 Å². The van der Waals surface area contributed by atoms with Crippen molar-refractivity contribution in [3.8, 4) is 5.75 Å². The van der Waals surface area contributed by atoms with E-state index < -0.39 is 4.92 Å². The summed E-state index contributed by atoms with van der Waals surface area (Å²) in [7, 11) is 0. The van der Waals surface area contributed by atoms with Gasteiger partial charge in [-0.05, 0) is 45.8 Å². The molecule has 0 aliphatic heterocycles. The normalized spacial score (nSPS) is 10.1. The summed E-state index contributed by atoms with van der Waals surface area (Å²) < 4.78 is 6.28. The van der Waals surface area contributed by atoms with Crippen molar-refractivity contribution in [1.82, 2.24) is 0 Å². The number of para-hydroxylation sites is 1. The van der Waals surface area contributed by atoms with E-state index in [9.17, 15) is 14.9 Å². The van der Waals surface area contributed by atoms with Crippen LogP contribution >= 0.6 is 15.9 Å². The van der Waals surface area contributed by atoms with Crippen LogP contribution in [0.2, 0.25) is 0 Å². The quantitative estimate of drug-likeness (QED) is 0.474. The predicted molar refractivity (Wildman–Crippen MR) is 77.0 cm³/mol. The van der Waals surface area contributed by atoms with Gasteiger partial charge in [-0.1, -0.05) is 6.07 Å². The van der Waals surface area contributed by atoms with Gasteiger partial charge < -0.3 is 4.74 Å². The minimum Gasteiger partial charge on any atom is -0.487 e. The summed E-state index contributed by atoms with van der Waals surface area (Å²) >= 11 is 3.32. The molecule has 20 heavy (non-hydrogen) atoms. The molecule has 0 spiro atoms. The summed E-state index contributed by atoms with van der Waals surface area (Å²) in [5, 5.41) is 10.5. The van der Waals surface area contributed by atoms with Crippen LogP contribution in [0.1, 0.15) is 15.9 Å². The van der Waals surface area contributed by atoms with E-state index in [0.717, 1.165) is 11.8 Å². The van der Waals surface area contributed by atoms with Gasteiger partial charge in [0.2, 0.25) is 0 Å². The number of carbonyl (C=O) groups excluding carboxylic acids is 1. The molecular formula is C14H10BrNO4. The Kier molecular flexibility index (Phi) is 4.47. The van der Waals surface area contributed by atoms with Gasteiger partial charge in [-0.3, -0.25) is 14.9 Å².